The number of hydrogen-bond acceptors (Lipinski definition) is 3. The zero-order valence-electron chi connectivity index (χ0n) is 11.7. The van der Waals surface area contributed by atoms with Crippen LogP contribution in [0.1, 0.15) is 46.5 Å². The van der Waals surface area contributed by atoms with Crippen molar-refractivity contribution in [3.05, 3.63) is 0 Å². The number of hydrogen-bond donors (Lipinski definition) is 0. The lowest BCUT2D eigenvalue weighted by Crippen LogP contribution is -2.57. The standard InChI is InChI=1S/C12H29NO2Si/c1-6-9-11-13(12-10-7-2)16(8-3,14-4)15-5/h6-12H2,1-5H3. The van der Waals surface area contributed by atoms with Gasteiger partial charge in [-0.25, -0.2) is 0 Å². The molecule has 0 amide bonds. The molecular formula is C12H29NO2Si. The molecule has 0 aromatic carbocycles. The van der Waals surface area contributed by atoms with Crippen LogP contribution in [0.15, 0.2) is 0 Å². The maximum absolute atomic E-state index is 5.74. The quantitative estimate of drug-likeness (QED) is 0.554. The zero-order chi connectivity index (χ0) is 12.4. The summed E-state index contributed by atoms with van der Waals surface area (Å²) in [5.41, 5.74) is 0. The zero-order valence-corrected chi connectivity index (χ0v) is 12.7. The molecule has 0 spiro atoms. The molecule has 0 heterocycles. The molecule has 4 heteroatoms. The van der Waals surface area contributed by atoms with Crippen LogP contribution in [0.4, 0.5) is 0 Å². The molecule has 0 radical (unpaired) electrons. The maximum atomic E-state index is 5.74. The molecule has 0 aliphatic rings. The highest BCUT2D eigenvalue weighted by Crippen LogP contribution is 2.18. The predicted octanol–water partition coefficient (Wildman–Crippen LogP) is 3.14. The molecule has 0 aromatic heterocycles. The van der Waals surface area contributed by atoms with E-state index in [1.807, 2.05) is 0 Å². The summed E-state index contributed by atoms with van der Waals surface area (Å²) in [7, 11) is 1.50. The molecule has 0 fully saturated rings. The Labute approximate surface area is 102 Å². The molecule has 0 saturated carbocycles. The van der Waals surface area contributed by atoms with Crippen LogP contribution in [-0.4, -0.2) is 40.6 Å². The van der Waals surface area contributed by atoms with Crippen LogP contribution in [0.3, 0.4) is 0 Å². The molecule has 0 aromatic rings. The highest BCUT2D eigenvalue weighted by Gasteiger charge is 2.40. The average Bonchev–Trinajstić information content (AvgIpc) is 2.34. The van der Waals surface area contributed by atoms with E-state index >= 15 is 0 Å². The monoisotopic (exact) mass is 247 g/mol. The van der Waals surface area contributed by atoms with E-state index in [1.165, 1.54) is 25.7 Å². The van der Waals surface area contributed by atoms with Gasteiger partial charge in [0, 0.05) is 20.3 Å². The second-order valence-corrected chi connectivity index (χ2v) is 7.75. The summed E-state index contributed by atoms with van der Waals surface area (Å²) in [6.07, 6.45) is 4.91. The molecular weight excluding hydrogens is 218 g/mol. The van der Waals surface area contributed by atoms with Crippen LogP contribution >= 0.6 is 0 Å². The van der Waals surface area contributed by atoms with Gasteiger partial charge >= 0.3 is 8.72 Å². The minimum Gasteiger partial charge on any atom is -0.386 e. The fourth-order valence-electron chi connectivity index (χ4n) is 2.00. The van der Waals surface area contributed by atoms with Gasteiger partial charge in [0.1, 0.15) is 0 Å². The molecule has 0 N–H and O–H groups in total. The third-order valence-corrected chi connectivity index (χ3v) is 6.71. The van der Waals surface area contributed by atoms with Crippen molar-refractivity contribution in [2.24, 2.45) is 0 Å². The third kappa shape index (κ3) is 4.53. The van der Waals surface area contributed by atoms with Gasteiger partial charge in [-0.3, -0.25) is 4.57 Å². The Kier molecular flexibility index (Phi) is 9.22. The average molecular weight is 247 g/mol. The first kappa shape index (κ1) is 16.1. The Morgan fingerprint density at radius 1 is 0.875 bits per heavy atom. The van der Waals surface area contributed by atoms with Crippen molar-refractivity contribution < 1.29 is 8.85 Å². The van der Waals surface area contributed by atoms with Gasteiger partial charge in [-0.2, -0.15) is 0 Å². The van der Waals surface area contributed by atoms with Gasteiger partial charge in [0.25, 0.3) is 0 Å². The van der Waals surface area contributed by atoms with Gasteiger partial charge in [-0.15, -0.1) is 0 Å². The van der Waals surface area contributed by atoms with Crippen LogP contribution in [0, 0.1) is 0 Å². The van der Waals surface area contributed by atoms with E-state index in [0.717, 1.165) is 19.1 Å². The Morgan fingerprint density at radius 3 is 1.56 bits per heavy atom. The van der Waals surface area contributed by atoms with Crippen molar-refractivity contribution in [3.63, 3.8) is 0 Å². The largest absolute Gasteiger partial charge is 0.426 e. The van der Waals surface area contributed by atoms with Crippen LogP contribution in [0.25, 0.3) is 0 Å². The highest BCUT2D eigenvalue weighted by molar-refractivity contribution is 6.64. The predicted molar refractivity (Wildman–Crippen MR) is 71.6 cm³/mol. The van der Waals surface area contributed by atoms with Crippen LogP contribution in [0.5, 0.6) is 0 Å². The first-order valence-electron chi connectivity index (χ1n) is 6.56. The fraction of sp³-hybridized carbons (Fsp3) is 1.00. The number of rotatable bonds is 10. The van der Waals surface area contributed by atoms with Crippen molar-refractivity contribution in [3.8, 4) is 0 Å². The van der Waals surface area contributed by atoms with Gasteiger partial charge in [-0.1, -0.05) is 33.6 Å². The molecule has 0 aliphatic carbocycles. The Hall–Kier alpha value is 0.0969. The summed E-state index contributed by atoms with van der Waals surface area (Å²) in [5, 5.41) is 0. The minimum absolute atomic E-state index is 0.993. The molecule has 0 aliphatic heterocycles. The van der Waals surface area contributed by atoms with E-state index in [-0.39, 0.29) is 0 Å². The van der Waals surface area contributed by atoms with Gasteiger partial charge in [0.15, 0.2) is 0 Å². The summed E-state index contributed by atoms with van der Waals surface area (Å²) in [6, 6.07) is 0.993. The lowest BCUT2D eigenvalue weighted by molar-refractivity contribution is 0.160. The molecule has 16 heavy (non-hydrogen) atoms. The van der Waals surface area contributed by atoms with Gasteiger partial charge in [0.05, 0.1) is 0 Å². The summed E-state index contributed by atoms with van der Waals surface area (Å²) >= 11 is 0. The van der Waals surface area contributed by atoms with E-state index in [4.69, 9.17) is 8.85 Å². The smallest absolute Gasteiger partial charge is 0.386 e. The Balaban J connectivity index is 4.52. The first-order valence-corrected chi connectivity index (χ1v) is 8.53. The summed E-state index contributed by atoms with van der Waals surface area (Å²) in [5.74, 6) is 0. The van der Waals surface area contributed by atoms with Crippen molar-refractivity contribution in [1.82, 2.24) is 4.57 Å². The van der Waals surface area contributed by atoms with Crippen LogP contribution < -0.4 is 0 Å². The lowest BCUT2D eigenvalue weighted by Gasteiger charge is -2.37. The third-order valence-electron chi connectivity index (χ3n) is 3.13. The van der Waals surface area contributed by atoms with E-state index in [0.29, 0.717) is 0 Å². The topological polar surface area (TPSA) is 21.7 Å². The van der Waals surface area contributed by atoms with Crippen LogP contribution in [-0.2, 0) is 8.85 Å². The van der Waals surface area contributed by atoms with E-state index in [2.05, 4.69) is 25.3 Å². The Bertz CT molecular complexity index is 147. The summed E-state index contributed by atoms with van der Waals surface area (Å²) < 4.78 is 13.9. The van der Waals surface area contributed by atoms with Gasteiger partial charge < -0.3 is 8.85 Å². The first-order chi connectivity index (χ1) is 7.70. The second-order valence-electron chi connectivity index (χ2n) is 4.17. The highest BCUT2D eigenvalue weighted by atomic mass is 28.4. The Morgan fingerprint density at radius 2 is 1.31 bits per heavy atom. The number of unbranched alkanes of at least 4 members (excludes halogenated alkanes) is 2. The van der Waals surface area contributed by atoms with E-state index in [1.54, 1.807) is 14.2 Å². The molecule has 0 rings (SSSR count). The summed E-state index contributed by atoms with van der Waals surface area (Å²) in [4.78, 5) is 0. The molecule has 0 atom stereocenters. The van der Waals surface area contributed by atoms with Crippen molar-refractivity contribution in [1.29, 1.82) is 0 Å². The molecule has 98 valence electrons. The van der Waals surface area contributed by atoms with Crippen LogP contribution in [0.2, 0.25) is 6.04 Å². The van der Waals surface area contributed by atoms with Crippen molar-refractivity contribution >= 4 is 8.72 Å². The van der Waals surface area contributed by atoms with Gasteiger partial charge in [-0.05, 0) is 25.9 Å². The molecule has 0 bridgehead atoms. The second kappa shape index (κ2) is 9.16. The van der Waals surface area contributed by atoms with Gasteiger partial charge in [0.2, 0.25) is 0 Å². The van der Waals surface area contributed by atoms with E-state index in [9.17, 15) is 0 Å². The minimum atomic E-state index is -2.09. The summed E-state index contributed by atoms with van der Waals surface area (Å²) in [6.45, 7) is 8.85. The SMILES string of the molecule is CCCCN(CCCC)[Si](CC)(OC)OC. The van der Waals surface area contributed by atoms with Crippen molar-refractivity contribution in [2.45, 2.75) is 52.5 Å². The molecule has 0 saturated heterocycles. The van der Waals surface area contributed by atoms with Crippen molar-refractivity contribution in [2.75, 3.05) is 27.3 Å². The molecule has 3 nitrogen and oxygen atoms in total. The molecule has 0 unspecified atom stereocenters. The fourth-order valence-corrected chi connectivity index (χ4v) is 4.71. The van der Waals surface area contributed by atoms with E-state index < -0.39 is 8.72 Å². The maximum Gasteiger partial charge on any atom is 0.426 e. The normalized spacial score (nSPS) is 12.4. The number of nitrogens with zero attached hydrogens (tertiary/aromatic N) is 1. The lowest BCUT2D eigenvalue weighted by atomic mass is 10.3.